The maximum absolute atomic E-state index is 11.9. The average molecular weight is 273 g/mol. The van der Waals surface area contributed by atoms with Crippen LogP contribution in [0.1, 0.15) is 19.8 Å². The molecule has 1 heterocycles. The van der Waals surface area contributed by atoms with E-state index in [2.05, 4.69) is 10.2 Å². The SMILES string of the molecule is CC(=O)NC1CC2CC1C(C(N)=O)N2c1ccccc1. The Bertz CT molecular complexity index is 529. The van der Waals surface area contributed by atoms with Crippen LogP contribution < -0.4 is 16.0 Å². The van der Waals surface area contributed by atoms with Crippen LogP contribution in [0.2, 0.25) is 0 Å². The van der Waals surface area contributed by atoms with Crippen molar-refractivity contribution in [1.29, 1.82) is 0 Å². The third-order valence-electron chi connectivity index (χ3n) is 4.42. The average Bonchev–Trinajstić information content (AvgIpc) is 2.96. The van der Waals surface area contributed by atoms with Crippen LogP contribution in [0.5, 0.6) is 0 Å². The third-order valence-corrected chi connectivity index (χ3v) is 4.42. The van der Waals surface area contributed by atoms with Gasteiger partial charge in [0.05, 0.1) is 0 Å². The Labute approximate surface area is 118 Å². The number of para-hydroxylation sites is 1. The number of nitrogens with two attached hydrogens (primary N) is 1. The van der Waals surface area contributed by atoms with Gasteiger partial charge in [-0.3, -0.25) is 9.59 Å². The molecule has 0 radical (unpaired) electrons. The highest BCUT2D eigenvalue weighted by Gasteiger charge is 2.53. The van der Waals surface area contributed by atoms with Crippen molar-refractivity contribution in [3.8, 4) is 0 Å². The smallest absolute Gasteiger partial charge is 0.240 e. The monoisotopic (exact) mass is 273 g/mol. The zero-order chi connectivity index (χ0) is 14.3. The largest absolute Gasteiger partial charge is 0.368 e. The molecule has 1 saturated carbocycles. The van der Waals surface area contributed by atoms with Gasteiger partial charge in [0.15, 0.2) is 0 Å². The molecule has 4 atom stereocenters. The number of piperidine rings is 1. The molecule has 2 fully saturated rings. The Morgan fingerprint density at radius 2 is 1.95 bits per heavy atom. The second-order valence-electron chi connectivity index (χ2n) is 5.69. The summed E-state index contributed by atoms with van der Waals surface area (Å²) >= 11 is 0. The van der Waals surface area contributed by atoms with Crippen molar-refractivity contribution in [3.63, 3.8) is 0 Å². The Morgan fingerprint density at radius 1 is 1.25 bits per heavy atom. The van der Waals surface area contributed by atoms with Gasteiger partial charge in [-0.15, -0.1) is 0 Å². The molecule has 3 rings (SSSR count). The van der Waals surface area contributed by atoms with Gasteiger partial charge in [0, 0.05) is 30.6 Å². The number of benzene rings is 1. The van der Waals surface area contributed by atoms with Gasteiger partial charge in [0.1, 0.15) is 6.04 Å². The minimum Gasteiger partial charge on any atom is -0.368 e. The molecule has 3 N–H and O–H groups in total. The van der Waals surface area contributed by atoms with E-state index in [-0.39, 0.29) is 35.9 Å². The molecule has 5 heteroatoms. The molecule has 106 valence electrons. The van der Waals surface area contributed by atoms with Gasteiger partial charge in [-0.05, 0) is 25.0 Å². The molecular weight excluding hydrogens is 254 g/mol. The summed E-state index contributed by atoms with van der Waals surface area (Å²) in [5.41, 5.74) is 6.64. The molecule has 0 spiro atoms. The number of nitrogens with zero attached hydrogens (tertiary/aromatic N) is 1. The lowest BCUT2D eigenvalue weighted by atomic mass is 9.92. The molecule has 20 heavy (non-hydrogen) atoms. The van der Waals surface area contributed by atoms with Gasteiger partial charge in [-0.2, -0.15) is 0 Å². The van der Waals surface area contributed by atoms with E-state index in [0.717, 1.165) is 18.5 Å². The molecule has 2 bridgehead atoms. The van der Waals surface area contributed by atoms with Crippen LogP contribution in [0, 0.1) is 5.92 Å². The topological polar surface area (TPSA) is 75.4 Å². The van der Waals surface area contributed by atoms with E-state index >= 15 is 0 Å². The number of carbonyl (C=O) groups is 2. The van der Waals surface area contributed by atoms with Crippen molar-refractivity contribution < 1.29 is 9.59 Å². The predicted molar refractivity (Wildman–Crippen MR) is 76.0 cm³/mol. The first-order chi connectivity index (χ1) is 9.58. The highest BCUT2D eigenvalue weighted by molar-refractivity contribution is 5.86. The number of anilines is 1. The van der Waals surface area contributed by atoms with E-state index < -0.39 is 0 Å². The Morgan fingerprint density at radius 3 is 2.55 bits per heavy atom. The maximum Gasteiger partial charge on any atom is 0.240 e. The van der Waals surface area contributed by atoms with Crippen LogP contribution >= 0.6 is 0 Å². The van der Waals surface area contributed by atoms with Gasteiger partial charge in [-0.1, -0.05) is 18.2 Å². The first kappa shape index (κ1) is 13.0. The number of nitrogens with one attached hydrogen (secondary N) is 1. The minimum absolute atomic E-state index is 0.0444. The van der Waals surface area contributed by atoms with Crippen LogP contribution in [-0.2, 0) is 9.59 Å². The van der Waals surface area contributed by atoms with Gasteiger partial charge in [0.25, 0.3) is 0 Å². The van der Waals surface area contributed by atoms with Crippen LogP contribution in [0.25, 0.3) is 0 Å². The zero-order valence-corrected chi connectivity index (χ0v) is 11.5. The number of rotatable bonds is 3. The maximum atomic E-state index is 11.9. The molecule has 4 unspecified atom stereocenters. The van der Waals surface area contributed by atoms with E-state index in [0.29, 0.717) is 0 Å². The fourth-order valence-electron chi connectivity index (χ4n) is 3.80. The van der Waals surface area contributed by atoms with E-state index in [9.17, 15) is 9.59 Å². The summed E-state index contributed by atoms with van der Waals surface area (Å²) in [6.45, 7) is 1.51. The number of hydrogen-bond acceptors (Lipinski definition) is 3. The lowest BCUT2D eigenvalue weighted by Crippen LogP contribution is -2.56. The summed E-state index contributed by atoms with van der Waals surface area (Å²) in [7, 11) is 0. The zero-order valence-electron chi connectivity index (χ0n) is 11.5. The molecule has 0 aromatic heterocycles. The lowest BCUT2D eigenvalue weighted by Gasteiger charge is -2.39. The molecule has 1 saturated heterocycles. The van der Waals surface area contributed by atoms with Crippen molar-refractivity contribution in [2.75, 3.05) is 4.90 Å². The summed E-state index contributed by atoms with van der Waals surface area (Å²) in [5, 5.41) is 2.96. The summed E-state index contributed by atoms with van der Waals surface area (Å²) in [6, 6.07) is 9.90. The highest BCUT2D eigenvalue weighted by atomic mass is 16.2. The minimum atomic E-state index is -0.326. The summed E-state index contributed by atoms with van der Waals surface area (Å²) in [4.78, 5) is 25.3. The number of fused-ring (bicyclic) bond motifs is 2. The molecule has 1 aliphatic heterocycles. The molecule has 2 amide bonds. The standard InChI is InChI=1S/C15H19N3O2/c1-9(19)17-13-8-11-7-12(13)14(15(16)20)18(11)10-5-3-2-4-6-10/h2-6,11-14H,7-8H2,1H3,(H2,16,20)(H,17,19). The predicted octanol–water partition coefficient (Wildman–Crippen LogP) is 0.644. The van der Waals surface area contributed by atoms with E-state index in [1.165, 1.54) is 6.92 Å². The normalized spacial score (nSPS) is 31.4. The molecule has 1 aliphatic carbocycles. The van der Waals surface area contributed by atoms with Crippen LogP contribution in [0.4, 0.5) is 5.69 Å². The Hall–Kier alpha value is -2.04. The van der Waals surface area contributed by atoms with E-state index in [1.54, 1.807) is 0 Å². The molecule has 1 aromatic carbocycles. The summed E-state index contributed by atoms with van der Waals surface area (Å²) in [5.74, 6) is -0.241. The molecule has 2 aliphatic rings. The van der Waals surface area contributed by atoms with Crippen molar-refractivity contribution >= 4 is 17.5 Å². The first-order valence-corrected chi connectivity index (χ1v) is 6.97. The number of carbonyl (C=O) groups excluding carboxylic acids is 2. The van der Waals surface area contributed by atoms with Gasteiger partial charge < -0.3 is 16.0 Å². The fourth-order valence-corrected chi connectivity index (χ4v) is 3.80. The van der Waals surface area contributed by atoms with Crippen LogP contribution in [0.3, 0.4) is 0 Å². The molecule has 5 nitrogen and oxygen atoms in total. The summed E-state index contributed by atoms with van der Waals surface area (Å²) in [6.07, 6.45) is 1.79. The fraction of sp³-hybridized carbons (Fsp3) is 0.467. The van der Waals surface area contributed by atoms with Crippen LogP contribution in [-0.4, -0.2) is 29.9 Å². The number of primary amides is 1. The Balaban J connectivity index is 1.88. The molecular formula is C15H19N3O2. The Kier molecular flexibility index (Phi) is 3.12. The summed E-state index contributed by atoms with van der Waals surface area (Å²) < 4.78 is 0. The van der Waals surface area contributed by atoms with Gasteiger partial charge in [-0.25, -0.2) is 0 Å². The van der Waals surface area contributed by atoms with E-state index in [4.69, 9.17) is 5.73 Å². The quantitative estimate of drug-likeness (QED) is 0.848. The lowest BCUT2D eigenvalue weighted by molar-refractivity contribution is -0.123. The number of hydrogen-bond donors (Lipinski definition) is 2. The van der Waals surface area contributed by atoms with Crippen molar-refractivity contribution in [2.45, 2.75) is 37.9 Å². The third kappa shape index (κ3) is 2.03. The van der Waals surface area contributed by atoms with E-state index in [1.807, 2.05) is 30.3 Å². The highest BCUT2D eigenvalue weighted by Crippen LogP contribution is 2.44. The van der Waals surface area contributed by atoms with Crippen molar-refractivity contribution in [3.05, 3.63) is 30.3 Å². The first-order valence-electron chi connectivity index (χ1n) is 6.97. The van der Waals surface area contributed by atoms with Crippen molar-refractivity contribution in [2.24, 2.45) is 11.7 Å². The van der Waals surface area contributed by atoms with Gasteiger partial charge >= 0.3 is 0 Å². The number of amides is 2. The molecule has 1 aromatic rings. The van der Waals surface area contributed by atoms with Crippen molar-refractivity contribution in [1.82, 2.24) is 5.32 Å². The second-order valence-corrected chi connectivity index (χ2v) is 5.69. The van der Waals surface area contributed by atoms with Crippen LogP contribution in [0.15, 0.2) is 30.3 Å². The second kappa shape index (κ2) is 4.81. The van der Waals surface area contributed by atoms with Gasteiger partial charge in [0.2, 0.25) is 11.8 Å².